The van der Waals surface area contributed by atoms with Crippen LogP contribution >= 0.6 is 0 Å². The van der Waals surface area contributed by atoms with E-state index in [0.29, 0.717) is 13.2 Å². The van der Waals surface area contributed by atoms with E-state index in [1.54, 1.807) is 13.3 Å². The minimum atomic E-state index is -0.345. The Labute approximate surface area is 129 Å². The van der Waals surface area contributed by atoms with Gasteiger partial charge in [0.15, 0.2) is 5.79 Å². The van der Waals surface area contributed by atoms with Crippen molar-refractivity contribution in [2.24, 2.45) is 0 Å². The number of ether oxygens (including phenoxy) is 3. The highest BCUT2D eigenvalue weighted by Gasteiger charge is 2.40. The fraction of sp³-hybridized carbons (Fsp3) is 0.471. The molecule has 1 aromatic carbocycles. The van der Waals surface area contributed by atoms with Crippen molar-refractivity contribution in [3.05, 3.63) is 30.5 Å². The molecule has 0 aliphatic carbocycles. The predicted octanol–water partition coefficient (Wildman–Crippen LogP) is 2.39. The summed E-state index contributed by atoms with van der Waals surface area (Å²) in [4.78, 5) is 6.74. The second-order valence-electron chi connectivity index (χ2n) is 5.73. The van der Waals surface area contributed by atoms with Crippen LogP contribution in [0.25, 0.3) is 10.9 Å². The number of anilines is 1. The first kappa shape index (κ1) is 13.8. The van der Waals surface area contributed by atoms with Crippen molar-refractivity contribution in [2.45, 2.75) is 18.6 Å². The number of benzene rings is 1. The zero-order valence-corrected chi connectivity index (χ0v) is 12.7. The SMILES string of the molecule is COc1ccc2c(N3CCC4(CC3)OCCO4)[c]cnc2c1. The molecule has 0 bridgehead atoms. The van der Waals surface area contributed by atoms with E-state index in [4.69, 9.17) is 14.2 Å². The maximum Gasteiger partial charge on any atom is 0.171 e. The average Bonchev–Trinajstić information content (AvgIpc) is 3.03. The van der Waals surface area contributed by atoms with Crippen LogP contribution in [0, 0.1) is 6.07 Å². The van der Waals surface area contributed by atoms with Gasteiger partial charge >= 0.3 is 0 Å². The summed E-state index contributed by atoms with van der Waals surface area (Å²) in [6.07, 6.45) is 3.52. The maximum absolute atomic E-state index is 5.80. The number of pyridine rings is 1. The second kappa shape index (κ2) is 5.41. The summed E-state index contributed by atoms with van der Waals surface area (Å²) in [5, 5.41) is 1.10. The molecule has 0 saturated carbocycles. The van der Waals surface area contributed by atoms with Crippen LogP contribution in [0.2, 0.25) is 0 Å². The number of nitrogens with zero attached hydrogens (tertiary/aromatic N) is 2. The van der Waals surface area contributed by atoms with Gasteiger partial charge in [-0.05, 0) is 12.1 Å². The summed E-state index contributed by atoms with van der Waals surface area (Å²) in [7, 11) is 1.67. The third-order valence-corrected chi connectivity index (χ3v) is 4.52. The first-order valence-electron chi connectivity index (χ1n) is 7.67. The number of aromatic nitrogens is 1. The van der Waals surface area contributed by atoms with Crippen LogP contribution in [0.1, 0.15) is 12.8 Å². The molecule has 3 heterocycles. The lowest BCUT2D eigenvalue weighted by Crippen LogP contribution is -2.45. The highest BCUT2D eigenvalue weighted by Crippen LogP contribution is 2.35. The minimum Gasteiger partial charge on any atom is -0.497 e. The van der Waals surface area contributed by atoms with Gasteiger partial charge in [0.1, 0.15) is 5.75 Å². The molecule has 2 aliphatic rings. The normalized spacial score (nSPS) is 20.7. The summed E-state index contributed by atoms with van der Waals surface area (Å²) >= 11 is 0. The first-order valence-corrected chi connectivity index (χ1v) is 7.67. The second-order valence-corrected chi connectivity index (χ2v) is 5.73. The molecule has 0 N–H and O–H groups in total. The standard InChI is InChI=1S/C17H19N2O3/c1-20-13-2-3-14-15(12-13)18-7-4-16(14)19-8-5-17(6-9-19)21-10-11-22-17/h2-3,7,12H,5-6,8-11H2,1H3. The molecule has 0 atom stereocenters. The first-order chi connectivity index (χ1) is 10.8. The monoisotopic (exact) mass is 299 g/mol. The Morgan fingerprint density at radius 1 is 1.23 bits per heavy atom. The van der Waals surface area contributed by atoms with Gasteiger partial charge in [-0.3, -0.25) is 4.98 Å². The van der Waals surface area contributed by atoms with Gasteiger partial charge in [0.25, 0.3) is 0 Å². The van der Waals surface area contributed by atoms with Gasteiger partial charge in [-0.25, -0.2) is 0 Å². The topological polar surface area (TPSA) is 43.8 Å². The Hall–Kier alpha value is -1.85. The van der Waals surface area contributed by atoms with Gasteiger partial charge in [-0.15, -0.1) is 0 Å². The van der Waals surface area contributed by atoms with Gasteiger partial charge in [-0.2, -0.15) is 0 Å². The molecule has 2 aliphatic heterocycles. The number of hydrogen-bond acceptors (Lipinski definition) is 5. The Morgan fingerprint density at radius 2 is 2.00 bits per heavy atom. The van der Waals surface area contributed by atoms with E-state index >= 15 is 0 Å². The molecule has 4 rings (SSSR count). The van der Waals surface area contributed by atoms with E-state index < -0.39 is 0 Å². The van der Waals surface area contributed by atoms with Crippen LogP contribution in [0.5, 0.6) is 5.75 Å². The largest absolute Gasteiger partial charge is 0.497 e. The van der Waals surface area contributed by atoms with Crippen molar-refractivity contribution >= 4 is 16.6 Å². The molecule has 1 radical (unpaired) electrons. The molecule has 1 spiro atoms. The van der Waals surface area contributed by atoms with E-state index in [2.05, 4.69) is 22.0 Å². The summed E-state index contributed by atoms with van der Waals surface area (Å²) in [6.45, 7) is 3.23. The molecule has 0 unspecified atom stereocenters. The number of piperidine rings is 1. The number of rotatable bonds is 2. The molecule has 2 fully saturated rings. The molecular weight excluding hydrogens is 280 g/mol. The number of methoxy groups -OCH3 is 1. The van der Waals surface area contributed by atoms with E-state index in [-0.39, 0.29) is 5.79 Å². The van der Waals surface area contributed by atoms with Crippen molar-refractivity contribution in [1.82, 2.24) is 4.98 Å². The van der Waals surface area contributed by atoms with Crippen molar-refractivity contribution in [1.29, 1.82) is 0 Å². The zero-order chi connectivity index (χ0) is 15.0. The van der Waals surface area contributed by atoms with Crippen LogP contribution in [-0.2, 0) is 9.47 Å². The van der Waals surface area contributed by atoms with E-state index in [9.17, 15) is 0 Å². The molecule has 5 nitrogen and oxygen atoms in total. The highest BCUT2D eigenvalue weighted by molar-refractivity contribution is 5.92. The lowest BCUT2D eigenvalue weighted by molar-refractivity contribution is -0.169. The molecule has 1 aromatic heterocycles. The Kier molecular flexibility index (Phi) is 3.39. The van der Waals surface area contributed by atoms with Crippen LogP contribution in [-0.4, -0.2) is 44.2 Å². The smallest absolute Gasteiger partial charge is 0.171 e. The van der Waals surface area contributed by atoms with Crippen LogP contribution < -0.4 is 9.64 Å². The van der Waals surface area contributed by atoms with Crippen molar-refractivity contribution in [3.8, 4) is 5.75 Å². The Balaban J connectivity index is 1.61. The maximum atomic E-state index is 5.80. The summed E-state index contributed by atoms with van der Waals surface area (Å²) < 4.78 is 16.9. The quantitative estimate of drug-likeness (QED) is 0.852. The zero-order valence-electron chi connectivity index (χ0n) is 12.7. The number of hydrogen-bond donors (Lipinski definition) is 0. The molecule has 0 amide bonds. The van der Waals surface area contributed by atoms with E-state index in [1.165, 1.54) is 0 Å². The lowest BCUT2D eigenvalue weighted by atomic mass is 10.0. The summed E-state index contributed by atoms with van der Waals surface area (Å²) in [5.74, 6) is 0.477. The van der Waals surface area contributed by atoms with Gasteiger partial charge in [0.2, 0.25) is 0 Å². The molecule has 115 valence electrons. The van der Waals surface area contributed by atoms with Gasteiger partial charge in [0, 0.05) is 49.6 Å². The fourth-order valence-corrected chi connectivity index (χ4v) is 3.30. The Morgan fingerprint density at radius 3 is 2.73 bits per heavy atom. The van der Waals surface area contributed by atoms with Crippen molar-refractivity contribution in [3.63, 3.8) is 0 Å². The molecular formula is C17H19N2O3. The van der Waals surface area contributed by atoms with Gasteiger partial charge in [-0.1, -0.05) is 0 Å². The highest BCUT2D eigenvalue weighted by atomic mass is 16.7. The third-order valence-electron chi connectivity index (χ3n) is 4.52. The van der Waals surface area contributed by atoms with Gasteiger partial charge in [0.05, 0.1) is 31.5 Å². The molecule has 5 heteroatoms. The van der Waals surface area contributed by atoms with Crippen LogP contribution in [0.4, 0.5) is 5.69 Å². The van der Waals surface area contributed by atoms with Crippen LogP contribution in [0.3, 0.4) is 0 Å². The Bertz CT molecular complexity index is 673. The predicted molar refractivity (Wildman–Crippen MR) is 83.2 cm³/mol. The molecule has 22 heavy (non-hydrogen) atoms. The lowest BCUT2D eigenvalue weighted by Gasteiger charge is -2.38. The third kappa shape index (κ3) is 2.30. The minimum absolute atomic E-state index is 0.345. The van der Waals surface area contributed by atoms with Gasteiger partial charge < -0.3 is 19.1 Å². The van der Waals surface area contributed by atoms with E-state index in [1.807, 2.05) is 12.1 Å². The van der Waals surface area contributed by atoms with Crippen LogP contribution in [0.15, 0.2) is 24.4 Å². The van der Waals surface area contributed by atoms with E-state index in [0.717, 1.165) is 48.3 Å². The molecule has 2 saturated heterocycles. The summed E-state index contributed by atoms with van der Waals surface area (Å²) in [6, 6.07) is 9.27. The average molecular weight is 299 g/mol. The number of fused-ring (bicyclic) bond motifs is 1. The van der Waals surface area contributed by atoms with Crippen molar-refractivity contribution < 1.29 is 14.2 Å². The summed E-state index contributed by atoms with van der Waals surface area (Å²) in [5.41, 5.74) is 2.03. The fourth-order valence-electron chi connectivity index (χ4n) is 3.30. The van der Waals surface area contributed by atoms with Crippen molar-refractivity contribution in [2.75, 3.05) is 38.3 Å². The molecule has 2 aromatic rings.